The second-order valence-corrected chi connectivity index (χ2v) is 6.10. The zero-order valence-electron chi connectivity index (χ0n) is 13.4. The van der Waals surface area contributed by atoms with Gasteiger partial charge in [-0.3, -0.25) is 0 Å². The average Bonchev–Trinajstić information content (AvgIpc) is 2.51. The van der Waals surface area contributed by atoms with Crippen LogP contribution in [-0.2, 0) is 6.42 Å². The molecule has 0 bridgehead atoms. The zero-order valence-corrected chi connectivity index (χ0v) is 13.4. The van der Waals surface area contributed by atoms with Crippen LogP contribution in [0.2, 0.25) is 0 Å². The number of ether oxygens (including phenoxy) is 1. The number of nitrogens with zero attached hydrogens (tertiary/aromatic N) is 1. The number of rotatable bonds is 4. The van der Waals surface area contributed by atoms with Crippen molar-refractivity contribution in [3.63, 3.8) is 0 Å². The first-order chi connectivity index (χ1) is 10.6. The SMILES string of the molecule is Cc1ccc(C)c(OCCN2CCCc3ccc(N)cc32)c1. The molecule has 0 amide bonds. The van der Waals surface area contributed by atoms with E-state index in [9.17, 15) is 0 Å². The molecule has 3 rings (SSSR count). The standard InChI is InChI=1S/C19H24N2O/c1-14-5-6-15(2)19(12-14)22-11-10-21-9-3-4-16-7-8-17(20)13-18(16)21/h5-8,12-13H,3-4,9-11,20H2,1-2H3. The Balaban J connectivity index is 1.65. The molecule has 3 heteroatoms. The van der Waals surface area contributed by atoms with Crippen molar-refractivity contribution < 1.29 is 4.74 Å². The normalized spacial score (nSPS) is 13.8. The molecule has 0 radical (unpaired) electrons. The highest BCUT2D eigenvalue weighted by Crippen LogP contribution is 2.29. The molecular weight excluding hydrogens is 272 g/mol. The molecule has 1 aliphatic rings. The summed E-state index contributed by atoms with van der Waals surface area (Å²) in [5, 5.41) is 0. The van der Waals surface area contributed by atoms with Gasteiger partial charge in [-0.2, -0.15) is 0 Å². The number of nitrogens with two attached hydrogens (primary N) is 1. The molecule has 1 heterocycles. The van der Waals surface area contributed by atoms with Gasteiger partial charge in [0.2, 0.25) is 0 Å². The van der Waals surface area contributed by atoms with Gasteiger partial charge in [0.25, 0.3) is 0 Å². The number of fused-ring (bicyclic) bond motifs is 1. The van der Waals surface area contributed by atoms with Gasteiger partial charge in [-0.05, 0) is 61.6 Å². The van der Waals surface area contributed by atoms with Crippen LogP contribution in [0.1, 0.15) is 23.1 Å². The maximum absolute atomic E-state index is 5.99. The van der Waals surface area contributed by atoms with Gasteiger partial charge >= 0.3 is 0 Å². The van der Waals surface area contributed by atoms with Gasteiger partial charge in [-0.1, -0.05) is 18.2 Å². The molecule has 2 aromatic carbocycles. The molecule has 0 fully saturated rings. The Morgan fingerprint density at radius 1 is 1.14 bits per heavy atom. The van der Waals surface area contributed by atoms with Gasteiger partial charge in [0.05, 0.1) is 6.54 Å². The first-order valence-corrected chi connectivity index (χ1v) is 7.97. The zero-order chi connectivity index (χ0) is 15.5. The van der Waals surface area contributed by atoms with Gasteiger partial charge in [-0.15, -0.1) is 0 Å². The Morgan fingerprint density at radius 3 is 2.86 bits per heavy atom. The molecule has 0 atom stereocenters. The fraction of sp³-hybridized carbons (Fsp3) is 0.368. The van der Waals surface area contributed by atoms with Crippen LogP contribution in [0.4, 0.5) is 11.4 Å². The lowest BCUT2D eigenvalue weighted by Gasteiger charge is -2.31. The predicted molar refractivity (Wildman–Crippen MR) is 92.8 cm³/mol. The Bertz CT molecular complexity index is 666. The number of anilines is 2. The van der Waals surface area contributed by atoms with E-state index in [0.717, 1.165) is 30.9 Å². The van der Waals surface area contributed by atoms with Crippen LogP contribution in [0.25, 0.3) is 0 Å². The maximum Gasteiger partial charge on any atom is 0.122 e. The van der Waals surface area contributed by atoms with Crippen LogP contribution in [0.5, 0.6) is 5.75 Å². The molecule has 22 heavy (non-hydrogen) atoms. The van der Waals surface area contributed by atoms with Gasteiger partial charge in [0, 0.05) is 17.9 Å². The van der Waals surface area contributed by atoms with Gasteiger partial charge < -0.3 is 15.4 Å². The van der Waals surface area contributed by atoms with Crippen molar-refractivity contribution in [3.05, 3.63) is 53.1 Å². The minimum absolute atomic E-state index is 0.693. The summed E-state index contributed by atoms with van der Waals surface area (Å²) in [6.45, 7) is 6.84. The monoisotopic (exact) mass is 296 g/mol. The summed E-state index contributed by atoms with van der Waals surface area (Å²) in [7, 11) is 0. The smallest absolute Gasteiger partial charge is 0.122 e. The average molecular weight is 296 g/mol. The minimum atomic E-state index is 0.693. The summed E-state index contributed by atoms with van der Waals surface area (Å²) in [6.07, 6.45) is 2.34. The molecule has 2 N–H and O–H groups in total. The van der Waals surface area contributed by atoms with E-state index >= 15 is 0 Å². The van der Waals surface area contributed by atoms with E-state index in [4.69, 9.17) is 10.5 Å². The highest BCUT2D eigenvalue weighted by atomic mass is 16.5. The largest absolute Gasteiger partial charge is 0.491 e. The Hall–Kier alpha value is -2.16. The molecular formula is C19H24N2O. The molecule has 0 saturated heterocycles. The van der Waals surface area contributed by atoms with Crippen molar-refractivity contribution in [2.24, 2.45) is 0 Å². The van der Waals surface area contributed by atoms with Gasteiger partial charge in [0.1, 0.15) is 12.4 Å². The van der Waals surface area contributed by atoms with Crippen molar-refractivity contribution >= 4 is 11.4 Å². The highest BCUT2D eigenvalue weighted by molar-refractivity contribution is 5.62. The lowest BCUT2D eigenvalue weighted by atomic mass is 10.0. The number of hydrogen-bond donors (Lipinski definition) is 1. The molecule has 3 nitrogen and oxygen atoms in total. The Kier molecular flexibility index (Phi) is 4.23. The molecule has 0 aliphatic carbocycles. The first-order valence-electron chi connectivity index (χ1n) is 7.97. The van der Waals surface area contributed by atoms with Crippen LogP contribution < -0.4 is 15.4 Å². The quantitative estimate of drug-likeness (QED) is 0.874. The third-order valence-electron chi connectivity index (χ3n) is 4.29. The van der Waals surface area contributed by atoms with E-state index in [-0.39, 0.29) is 0 Å². The van der Waals surface area contributed by atoms with E-state index in [0.29, 0.717) is 6.61 Å². The van der Waals surface area contributed by atoms with Crippen LogP contribution in [0.3, 0.4) is 0 Å². The molecule has 1 aliphatic heterocycles. The predicted octanol–water partition coefficient (Wildman–Crippen LogP) is 3.72. The number of nitrogen functional groups attached to an aromatic ring is 1. The summed E-state index contributed by atoms with van der Waals surface area (Å²) in [4.78, 5) is 2.39. The number of aryl methyl sites for hydroxylation is 3. The lowest BCUT2D eigenvalue weighted by molar-refractivity contribution is 0.320. The molecule has 0 spiro atoms. The van der Waals surface area contributed by atoms with E-state index < -0.39 is 0 Å². The second-order valence-electron chi connectivity index (χ2n) is 6.10. The van der Waals surface area contributed by atoms with Crippen molar-refractivity contribution in [2.45, 2.75) is 26.7 Å². The lowest BCUT2D eigenvalue weighted by Crippen LogP contribution is -2.33. The van der Waals surface area contributed by atoms with E-state index in [2.05, 4.69) is 49.1 Å². The van der Waals surface area contributed by atoms with E-state index in [1.807, 2.05) is 6.07 Å². The molecule has 0 unspecified atom stereocenters. The highest BCUT2D eigenvalue weighted by Gasteiger charge is 2.16. The maximum atomic E-state index is 5.99. The van der Waals surface area contributed by atoms with Crippen molar-refractivity contribution in [1.82, 2.24) is 0 Å². The van der Waals surface area contributed by atoms with Crippen molar-refractivity contribution in [2.75, 3.05) is 30.3 Å². The summed E-state index contributed by atoms with van der Waals surface area (Å²) in [5.41, 5.74) is 11.9. The fourth-order valence-corrected chi connectivity index (χ4v) is 3.03. The molecule has 2 aromatic rings. The number of benzene rings is 2. The number of hydrogen-bond acceptors (Lipinski definition) is 3. The Labute approximate surface area is 132 Å². The summed E-state index contributed by atoms with van der Waals surface area (Å²) in [6, 6.07) is 12.6. The molecule has 116 valence electrons. The third kappa shape index (κ3) is 3.19. The van der Waals surface area contributed by atoms with Crippen LogP contribution >= 0.6 is 0 Å². The van der Waals surface area contributed by atoms with Crippen molar-refractivity contribution in [1.29, 1.82) is 0 Å². The molecule has 0 saturated carbocycles. The van der Waals surface area contributed by atoms with E-state index in [1.54, 1.807) is 0 Å². The summed E-state index contributed by atoms with van der Waals surface area (Å²) in [5.74, 6) is 0.991. The van der Waals surface area contributed by atoms with Crippen LogP contribution in [0, 0.1) is 13.8 Å². The topological polar surface area (TPSA) is 38.5 Å². The third-order valence-corrected chi connectivity index (χ3v) is 4.29. The fourth-order valence-electron chi connectivity index (χ4n) is 3.03. The van der Waals surface area contributed by atoms with Crippen LogP contribution in [-0.4, -0.2) is 19.7 Å². The van der Waals surface area contributed by atoms with E-state index in [1.165, 1.54) is 28.8 Å². The minimum Gasteiger partial charge on any atom is -0.491 e. The Morgan fingerprint density at radius 2 is 2.00 bits per heavy atom. The van der Waals surface area contributed by atoms with Crippen molar-refractivity contribution in [3.8, 4) is 5.75 Å². The summed E-state index contributed by atoms with van der Waals surface area (Å²) >= 11 is 0. The second kappa shape index (κ2) is 6.30. The summed E-state index contributed by atoms with van der Waals surface area (Å²) < 4.78 is 5.99. The van der Waals surface area contributed by atoms with Gasteiger partial charge in [-0.25, -0.2) is 0 Å². The molecule has 0 aromatic heterocycles. The van der Waals surface area contributed by atoms with Gasteiger partial charge in [0.15, 0.2) is 0 Å². The van der Waals surface area contributed by atoms with Crippen LogP contribution in [0.15, 0.2) is 36.4 Å². The first kappa shape index (κ1) is 14.8.